The molecule has 0 aromatic heterocycles. The van der Waals surface area contributed by atoms with Crippen LogP contribution in [0.1, 0.15) is 48.0 Å². The van der Waals surface area contributed by atoms with E-state index in [1.807, 2.05) is 27.7 Å². The average Bonchev–Trinajstić information content (AvgIpc) is 2.42. The molecule has 0 rings (SSSR count). The van der Waals surface area contributed by atoms with Crippen molar-refractivity contribution in [1.82, 2.24) is 5.32 Å². The van der Waals surface area contributed by atoms with Crippen molar-refractivity contribution in [2.75, 3.05) is 6.61 Å². The van der Waals surface area contributed by atoms with Crippen molar-refractivity contribution in [2.24, 2.45) is 17.6 Å². The highest BCUT2D eigenvalue weighted by molar-refractivity contribution is 5.83. The Morgan fingerprint density at radius 2 is 1.57 bits per heavy atom. The van der Waals surface area contributed by atoms with E-state index in [0.717, 1.165) is 0 Å². The lowest BCUT2D eigenvalue weighted by Gasteiger charge is -2.22. The molecular formula is C16H30N2O5. The molecule has 3 unspecified atom stereocenters. The summed E-state index contributed by atoms with van der Waals surface area (Å²) in [4.78, 5) is 34.8. The number of esters is 2. The third-order valence-corrected chi connectivity index (χ3v) is 3.36. The van der Waals surface area contributed by atoms with Gasteiger partial charge in [-0.2, -0.15) is 0 Å². The quantitative estimate of drug-likeness (QED) is 0.611. The SMILES string of the molecule is CC(=O)NC(C(=O)OC(C)CCOC(=O)C(N)C(C)C)C(C)C. The van der Waals surface area contributed by atoms with Gasteiger partial charge in [-0.25, -0.2) is 4.79 Å². The van der Waals surface area contributed by atoms with Crippen LogP contribution in [0.3, 0.4) is 0 Å². The number of nitrogens with one attached hydrogen (secondary N) is 1. The fourth-order valence-corrected chi connectivity index (χ4v) is 1.74. The highest BCUT2D eigenvalue weighted by Gasteiger charge is 2.26. The second kappa shape index (κ2) is 10.2. The Labute approximate surface area is 138 Å². The van der Waals surface area contributed by atoms with Gasteiger partial charge in [-0.15, -0.1) is 0 Å². The lowest BCUT2D eigenvalue weighted by atomic mass is 10.0. The van der Waals surface area contributed by atoms with Gasteiger partial charge in [0.25, 0.3) is 0 Å². The summed E-state index contributed by atoms with van der Waals surface area (Å²) in [6.07, 6.45) is -0.0618. The molecular weight excluding hydrogens is 300 g/mol. The smallest absolute Gasteiger partial charge is 0.329 e. The predicted octanol–water partition coefficient (Wildman–Crippen LogP) is 0.995. The van der Waals surface area contributed by atoms with E-state index in [1.54, 1.807) is 6.92 Å². The van der Waals surface area contributed by atoms with Gasteiger partial charge in [-0.05, 0) is 18.8 Å². The maximum absolute atomic E-state index is 12.1. The largest absolute Gasteiger partial charge is 0.464 e. The number of rotatable bonds is 9. The van der Waals surface area contributed by atoms with Crippen LogP contribution in [0.5, 0.6) is 0 Å². The molecule has 0 aliphatic carbocycles. The van der Waals surface area contributed by atoms with E-state index >= 15 is 0 Å². The number of carbonyl (C=O) groups excluding carboxylic acids is 3. The molecule has 0 aromatic rings. The Hall–Kier alpha value is -1.63. The van der Waals surface area contributed by atoms with Crippen LogP contribution in [0.25, 0.3) is 0 Å². The molecule has 0 saturated carbocycles. The van der Waals surface area contributed by atoms with Crippen molar-refractivity contribution in [3.63, 3.8) is 0 Å². The summed E-state index contributed by atoms with van der Waals surface area (Å²) in [5.74, 6) is -1.32. The van der Waals surface area contributed by atoms with Crippen molar-refractivity contribution in [1.29, 1.82) is 0 Å². The highest BCUT2D eigenvalue weighted by Crippen LogP contribution is 2.08. The van der Waals surface area contributed by atoms with Gasteiger partial charge in [0.05, 0.1) is 6.61 Å². The van der Waals surface area contributed by atoms with Crippen LogP contribution in [-0.4, -0.2) is 42.6 Å². The van der Waals surface area contributed by atoms with Crippen LogP contribution in [0.2, 0.25) is 0 Å². The molecule has 23 heavy (non-hydrogen) atoms. The molecule has 7 heteroatoms. The van der Waals surface area contributed by atoms with Gasteiger partial charge in [0.1, 0.15) is 18.2 Å². The van der Waals surface area contributed by atoms with Gasteiger partial charge in [-0.1, -0.05) is 27.7 Å². The average molecular weight is 330 g/mol. The first-order valence-corrected chi connectivity index (χ1v) is 7.96. The molecule has 0 aliphatic rings. The third kappa shape index (κ3) is 8.54. The molecule has 0 saturated heterocycles. The minimum absolute atomic E-state index is 0.00204. The standard InChI is InChI=1S/C16H30N2O5/c1-9(2)13(17)15(20)22-8-7-11(5)23-16(21)14(10(3)4)18-12(6)19/h9-11,13-14H,7-8,17H2,1-6H3,(H,18,19). The molecule has 0 aromatic carbocycles. The number of ether oxygens (including phenoxy) is 2. The molecule has 3 atom stereocenters. The number of carbonyl (C=O) groups is 3. The van der Waals surface area contributed by atoms with Crippen molar-refractivity contribution in [3.8, 4) is 0 Å². The number of hydrogen-bond acceptors (Lipinski definition) is 6. The second-order valence-corrected chi connectivity index (χ2v) is 6.40. The zero-order chi connectivity index (χ0) is 18.2. The van der Waals surface area contributed by atoms with Crippen LogP contribution in [0.15, 0.2) is 0 Å². The topological polar surface area (TPSA) is 108 Å². The zero-order valence-corrected chi connectivity index (χ0v) is 14.9. The Morgan fingerprint density at radius 1 is 1.00 bits per heavy atom. The molecule has 0 bridgehead atoms. The molecule has 1 amide bonds. The van der Waals surface area contributed by atoms with Gasteiger partial charge in [0, 0.05) is 13.3 Å². The number of amides is 1. The second-order valence-electron chi connectivity index (χ2n) is 6.40. The zero-order valence-electron chi connectivity index (χ0n) is 14.9. The molecule has 0 spiro atoms. The van der Waals surface area contributed by atoms with Crippen LogP contribution in [-0.2, 0) is 23.9 Å². The van der Waals surface area contributed by atoms with Crippen LogP contribution in [0.4, 0.5) is 0 Å². The fraction of sp³-hybridized carbons (Fsp3) is 0.812. The number of nitrogens with two attached hydrogens (primary N) is 1. The minimum atomic E-state index is -0.688. The minimum Gasteiger partial charge on any atom is -0.464 e. The summed E-state index contributed by atoms with van der Waals surface area (Å²) in [6, 6.07) is -1.34. The van der Waals surface area contributed by atoms with Crippen molar-refractivity contribution in [3.05, 3.63) is 0 Å². The van der Waals surface area contributed by atoms with Crippen LogP contribution < -0.4 is 11.1 Å². The Morgan fingerprint density at radius 3 is 2.00 bits per heavy atom. The molecule has 3 N–H and O–H groups in total. The first-order valence-electron chi connectivity index (χ1n) is 7.96. The van der Waals surface area contributed by atoms with Gasteiger partial charge in [-0.3, -0.25) is 9.59 Å². The maximum atomic E-state index is 12.1. The first kappa shape index (κ1) is 21.4. The molecule has 0 heterocycles. The van der Waals surface area contributed by atoms with E-state index in [9.17, 15) is 14.4 Å². The molecule has 0 radical (unpaired) electrons. The van der Waals surface area contributed by atoms with Crippen molar-refractivity contribution in [2.45, 2.75) is 66.2 Å². The van der Waals surface area contributed by atoms with E-state index in [0.29, 0.717) is 6.42 Å². The maximum Gasteiger partial charge on any atom is 0.329 e. The number of hydrogen-bond donors (Lipinski definition) is 2. The van der Waals surface area contributed by atoms with Gasteiger partial charge in [0.2, 0.25) is 5.91 Å². The van der Waals surface area contributed by atoms with E-state index in [-0.39, 0.29) is 24.3 Å². The first-order chi connectivity index (χ1) is 10.6. The summed E-state index contributed by atoms with van der Waals surface area (Å²) in [5.41, 5.74) is 5.68. The van der Waals surface area contributed by atoms with Crippen LogP contribution in [0, 0.1) is 11.8 Å². The van der Waals surface area contributed by atoms with E-state index in [2.05, 4.69) is 5.32 Å². The summed E-state index contributed by atoms with van der Waals surface area (Å²) < 4.78 is 10.4. The van der Waals surface area contributed by atoms with Crippen molar-refractivity contribution < 1.29 is 23.9 Å². The molecule has 0 aliphatic heterocycles. The predicted molar refractivity (Wildman–Crippen MR) is 86.4 cm³/mol. The molecule has 0 fully saturated rings. The van der Waals surface area contributed by atoms with Crippen LogP contribution >= 0.6 is 0 Å². The summed E-state index contributed by atoms with van der Waals surface area (Å²) in [7, 11) is 0. The molecule has 134 valence electrons. The normalized spacial score (nSPS) is 15.0. The Bertz CT molecular complexity index is 409. The highest BCUT2D eigenvalue weighted by atomic mass is 16.6. The Balaban J connectivity index is 4.27. The lowest BCUT2D eigenvalue weighted by molar-refractivity contribution is -0.155. The fourth-order valence-electron chi connectivity index (χ4n) is 1.74. The van der Waals surface area contributed by atoms with Gasteiger partial charge < -0.3 is 20.5 Å². The van der Waals surface area contributed by atoms with Gasteiger partial charge >= 0.3 is 11.9 Å². The van der Waals surface area contributed by atoms with Crippen molar-refractivity contribution >= 4 is 17.8 Å². The lowest BCUT2D eigenvalue weighted by Crippen LogP contribution is -2.45. The van der Waals surface area contributed by atoms with E-state index in [1.165, 1.54) is 6.92 Å². The summed E-state index contributed by atoms with van der Waals surface area (Å²) in [5, 5.41) is 2.57. The Kier molecular flexibility index (Phi) is 9.48. The monoisotopic (exact) mass is 330 g/mol. The molecule has 7 nitrogen and oxygen atoms in total. The van der Waals surface area contributed by atoms with E-state index < -0.39 is 30.1 Å². The van der Waals surface area contributed by atoms with E-state index in [4.69, 9.17) is 15.2 Å². The summed E-state index contributed by atoms with van der Waals surface area (Å²) >= 11 is 0. The summed E-state index contributed by atoms with van der Waals surface area (Å²) in [6.45, 7) is 10.5. The van der Waals surface area contributed by atoms with Gasteiger partial charge in [0.15, 0.2) is 0 Å². The third-order valence-electron chi connectivity index (χ3n) is 3.36.